The van der Waals surface area contributed by atoms with Gasteiger partial charge in [0.05, 0.1) is 6.61 Å². The van der Waals surface area contributed by atoms with Crippen LogP contribution in [-0.2, 0) is 19.1 Å². The fourth-order valence-corrected chi connectivity index (χ4v) is 2.03. The zero-order valence-corrected chi connectivity index (χ0v) is 9.60. The fourth-order valence-electron chi connectivity index (χ4n) is 2.03. The van der Waals surface area contributed by atoms with Gasteiger partial charge in [0, 0.05) is 6.54 Å². The molecule has 0 bridgehead atoms. The first-order valence-electron chi connectivity index (χ1n) is 5.47. The number of amides is 2. The van der Waals surface area contributed by atoms with E-state index in [0.29, 0.717) is 6.54 Å². The largest absolute Gasteiger partial charge is 0.461 e. The third kappa shape index (κ3) is 1.58. The standard InChI is InChI=1S/C10H13N3O4/c1-3-13-8(14)5-6(9(13)15)11-12-7(5)10(16)17-4-2/h5-6,11H,3-4H2,1-2H3/t5-,6-/m1/s1. The van der Waals surface area contributed by atoms with Crippen molar-refractivity contribution in [3.63, 3.8) is 0 Å². The second-order valence-electron chi connectivity index (χ2n) is 3.72. The van der Waals surface area contributed by atoms with Crippen LogP contribution in [0.25, 0.3) is 0 Å². The molecule has 0 aromatic heterocycles. The predicted molar refractivity (Wildman–Crippen MR) is 56.9 cm³/mol. The van der Waals surface area contributed by atoms with Crippen molar-refractivity contribution in [3.05, 3.63) is 0 Å². The lowest BCUT2D eigenvalue weighted by Gasteiger charge is -2.11. The normalized spacial score (nSPS) is 26.7. The summed E-state index contributed by atoms with van der Waals surface area (Å²) in [5, 5.41) is 3.73. The van der Waals surface area contributed by atoms with E-state index in [1.54, 1.807) is 13.8 Å². The number of likely N-dealkylation sites (N-methyl/N-ethyl adjacent to an activating group) is 1. The molecule has 17 heavy (non-hydrogen) atoms. The minimum Gasteiger partial charge on any atom is -0.461 e. The molecule has 7 heteroatoms. The number of esters is 1. The first kappa shape index (κ1) is 11.6. The van der Waals surface area contributed by atoms with E-state index in [1.165, 1.54) is 0 Å². The SMILES string of the molecule is CCOC(=O)C1=NN[C@H]2C(=O)N(CC)C(=O)[C@@H]12. The van der Waals surface area contributed by atoms with Crippen molar-refractivity contribution in [1.82, 2.24) is 10.3 Å². The average Bonchev–Trinajstić information content (AvgIpc) is 2.82. The Morgan fingerprint density at radius 1 is 1.41 bits per heavy atom. The molecule has 2 aliphatic heterocycles. The second-order valence-corrected chi connectivity index (χ2v) is 3.72. The van der Waals surface area contributed by atoms with E-state index in [4.69, 9.17) is 4.74 Å². The van der Waals surface area contributed by atoms with Crippen molar-refractivity contribution < 1.29 is 19.1 Å². The minimum atomic E-state index is -0.832. The summed E-state index contributed by atoms with van der Waals surface area (Å²) in [6.07, 6.45) is 0. The first-order chi connectivity index (χ1) is 8.11. The Labute approximate surface area is 97.8 Å². The molecule has 92 valence electrons. The number of hydrogen-bond donors (Lipinski definition) is 1. The van der Waals surface area contributed by atoms with E-state index < -0.39 is 17.9 Å². The average molecular weight is 239 g/mol. The molecular weight excluding hydrogens is 226 g/mol. The molecular formula is C10H13N3O4. The summed E-state index contributed by atoms with van der Waals surface area (Å²) < 4.78 is 4.79. The number of ether oxygens (including phenoxy) is 1. The Kier molecular flexibility index (Phi) is 2.83. The summed E-state index contributed by atoms with van der Waals surface area (Å²) in [4.78, 5) is 36.4. The van der Waals surface area contributed by atoms with Gasteiger partial charge in [-0.3, -0.25) is 19.9 Å². The lowest BCUT2D eigenvalue weighted by Crippen LogP contribution is -2.36. The lowest BCUT2D eigenvalue weighted by molar-refractivity contribution is -0.140. The maximum atomic E-state index is 11.9. The van der Waals surface area contributed by atoms with Gasteiger partial charge in [-0.1, -0.05) is 0 Å². The van der Waals surface area contributed by atoms with E-state index in [-0.39, 0.29) is 24.1 Å². The topological polar surface area (TPSA) is 88.1 Å². The number of hydrogen-bond acceptors (Lipinski definition) is 6. The zero-order valence-electron chi connectivity index (χ0n) is 9.60. The Hall–Kier alpha value is -1.92. The Bertz CT molecular complexity index is 418. The molecule has 2 rings (SSSR count). The van der Waals surface area contributed by atoms with Crippen LogP contribution in [-0.4, -0.2) is 47.6 Å². The monoisotopic (exact) mass is 239 g/mol. The first-order valence-corrected chi connectivity index (χ1v) is 5.47. The Morgan fingerprint density at radius 2 is 2.12 bits per heavy atom. The highest BCUT2D eigenvalue weighted by molar-refractivity contribution is 6.43. The summed E-state index contributed by atoms with van der Waals surface area (Å²) in [6, 6.07) is -0.748. The van der Waals surface area contributed by atoms with Crippen LogP contribution in [0.5, 0.6) is 0 Å². The summed E-state index contributed by atoms with van der Waals surface area (Å²) in [5.41, 5.74) is 2.52. The molecule has 2 atom stereocenters. The number of carbonyl (C=O) groups excluding carboxylic acids is 3. The molecule has 2 amide bonds. The second kappa shape index (κ2) is 4.15. The van der Waals surface area contributed by atoms with E-state index in [2.05, 4.69) is 10.5 Å². The highest BCUT2D eigenvalue weighted by atomic mass is 16.5. The van der Waals surface area contributed by atoms with Crippen LogP contribution in [0, 0.1) is 5.92 Å². The summed E-state index contributed by atoms with van der Waals surface area (Å²) >= 11 is 0. The van der Waals surface area contributed by atoms with Gasteiger partial charge in [0.25, 0.3) is 5.91 Å². The maximum Gasteiger partial charge on any atom is 0.355 e. The summed E-state index contributed by atoms with van der Waals surface area (Å²) in [5.74, 6) is -2.21. The maximum absolute atomic E-state index is 11.9. The van der Waals surface area contributed by atoms with Crippen LogP contribution in [0.3, 0.4) is 0 Å². The summed E-state index contributed by atoms with van der Waals surface area (Å²) in [6.45, 7) is 3.87. The van der Waals surface area contributed by atoms with Gasteiger partial charge in [0.1, 0.15) is 12.0 Å². The highest BCUT2D eigenvalue weighted by Crippen LogP contribution is 2.26. The number of nitrogens with zero attached hydrogens (tertiary/aromatic N) is 2. The number of likely N-dealkylation sites (tertiary alicyclic amines) is 1. The number of hydrazone groups is 1. The molecule has 7 nitrogen and oxygen atoms in total. The third-order valence-electron chi connectivity index (χ3n) is 2.82. The molecule has 0 aromatic rings. The third-order valence-corrected chi connectivity index (χ3v) is 2.82. The lowest BCUT2D eigenvalue weighted by atomic mass is 9.99. The number of rotatable bonds is 3. The molecule has 0 unspecified atom stereocenters. The van der Waals surface area contributed by atoms with Crippen molar-refractivity contribution >= 4 is 23.5 Å². The van der Waals surface area contributed by atoms with Gasteiger partial charge in [-0.2, -0.15) is 5.10 Å². The van der Waals surface area contributed by atoms with Gasteiger partial charge in [0.15, 0.2) is 5.71 Å². The summed E-state index contributed by atoms with van der Waals surface area (Å²) in [7, 11) is 0. The van der Waals surface area contributed by atoms with Crippen molar-refractivity contribution in [1.29, 1.82) is 0 Å². The van der Waals surface area contributed by atoms with Crippen molar-refractivity contribution in [2.24, 2.45) is 11.0 Å². The molecule has 0 radical (unpaired) electrons. The van der Waals surface area contributed by atoms with Crippen LogP contribution in [0.2, 0.25) is 0 Å². The van der Waals surface area contributed by atoms with Gasteiger partial charge in [-0.15, -0.1) is 0 Å². The highest BCUT2D eigenvalue weighted by Gasteiger charge is 2.54. The number of carbonyl (C=O) groups is 3. The van der Waals surface area contributed by atoms with E-state index in [1.807, 2.05) is 0 Å². The van der Waals surface area contributed by atoms with Crippen LogP contribution < -0.4 is 5.43 Å². The molecule has 0 spiro atoms. The minimum absolute atomic E-state index is 0.00819. The van der Waals surface area contributed by atoms with Gasteiger partial charge in [0.2, 0.25) is 5.91 Å². The Morgan fingerprint density at radius 3 is 2.71 bits per heavy atom. The predicted octanol–water partition coefficient (Wildman–Crippen LogP) is -1.12. The van der Waals surface area contributed by atoms with E-state index >= 15 is 0 Å². The van der Waals surface area contributed by atoms with E-state index in [0.717, 1.165) is 4.90 Å². The number of nitrogens with one attached hydrogen (secondary N) is 1. The molecule has 1 fully saturated rings. The molecule has 0 aliphatic carbocycles. The van der Waals surface area contributed by atoms with Crippen LogP contribution in [0.4, 0.5) is 0 Å². The smallest absolute Gasteiger partial charge is 0.355 e. The Balaban J connectivity index is 2.23. The molecule has 2 heterocycles. The van der Waals surface area contributed by atoms with Crippen molar-refractivity contribution in [2.45, 2.75) is 19.9 Å². The van der Waals surface area contributed by atoms with Crippen LogP contribution in [0.1, 0.15) is 13.8 Å². The van der Waals surface area contributed by atoms with Crippen LogP contribution >= 0.6 is 0 Å². The number of fused-ring (bicyclic) bond motifs is 1. The van der Waals surface area contributed by atoms with Gasteiger partial charge in [-0.25, -0.2) is 4.79 Å². The van der Waals surface area contributed by atoms with Crippen molar-refractivity contribution in [2.75, 3.05) is 13.2 Å². The van der Waals surface area contributed by atoms with Crippen molar-refractivity contribution in [3.8, 4) is 0 Å². The van der Waals surface area contributed by atoms with Gasteiger partial charge in [-0.05, 0) is 13.8 Å². The number of imide groups is 1. The van der Waals surface area contributed by atoms with Gasteiger partial charge >= 0.3 is 5.97 Å². The quantitative estimate of drug-likeness (QED) is 0.498. The molecule has 1 saturated heterocycles. The van der Waals surface area contributed by atoms with Gasteiger partial charge < -0.3 is 4.74 Å². The van der Waals surface area contributed by atoms with Crippen LogP contribution in [0.15, 0.2) is 5.10 Å². The molecule has 0 saturated carbocycles. The fraction of sp³-hybridized carbons (Fsp3) is 0.600. The molecule has 0 aromatic carbocycles. The molecule has 2 aliphatic rings. The van der Waals surface area contributed by atoms with E-state index in [9.17, 15) is 14.4 Å². The molecule has 1 N–H and O–H groups in total. The zero-order chi connectivity index (χ0) is 12.6.